The number of aliphatic carboxylic acids is 1. The fourth-order valence-electron chi connectivity index (χ4n) is 1.86. The Morgan fingerprint density at radius 1 is 1.04 bits per heavy atom. The molecule has 0 fully saturated rings. The van der Waals surface area contributed by atoms with Crippen LogP contribution in [0.1, 0.15) is 22.3 Å². The molecule has 2 aromatic carbocycles. The Morgan fingerprint density at radius 3 is 2.48 bits per heavy atom. The van der Waals surface area contributed by atoms with Gasteiger partial charge in [0.1, 0.15) is 12.4 Å². The Morgan fingerprint density at radius 2 is 1.78 bits per heavy atom. The van der Waals surface area contributed by atoms with Gasteiger partial charge >= 0.3 is 5.97 Å². The molecule has 0 bridgehead atoms. The first kappa shape index (κ1) is 16.9. The lowest BCUT2D eigenvalue weighted by Gasteiger charge is -2.09. The van der Waals surface area contributed by atoms with Gasteiger partial charge in [-0.2, -0.15) is 0 Å². The number of hydrogen-bond donors (Lipinski definition) is 1. The van der Waals surface area contributed by atoms with Crippen LogP contribution in [-0.2, 0) is 16.2 Å². The second kappa shape index (κ2) is 7.69. The van der Waals surface area contributed by atoms with Crippen LogP contribution in [0.4, 0.5) is 0 Å². The van der Waals surface area contributed by atoms with Gasteiger partial charge in [0.2, 0.25) is 5.78 Å². The number of carbonyl (C=O) groups is 3. The molecule has 118 valence electrons. The molecule has 0 aromatic heterocycles. The predicted molar refractivity (Wildman–Crippen MR) is 86.5 cm³/mol. The molecule has 1 N–H and O–H groups in total. The molecule has 0 unspecified atom stereocenters. The summed E-state index contributed by atoms with van der Waals surface area (Å²) >= 11 is 3.42. The predicted octanol–water partition coefficient (Wildman–Crippen LogP) is 3.25. The molecule has 0 heterocycles. The first-order chi connectivity index (χ1) is 11.0. The van der Waals surface area contributed by atoms with Crippen LogP contribution in [0.15, 0.2) is 53.0 Å². The third kappa shape index (κ3) is 4.75. The second-order valence-electron chi connectivity index (χ2n) is 4.74. The SMILES string of the molecule is O=C(O)C(=O)CC(=O)c1cccc(OCc2ccccc2Br)c1. The fraction of sp³-hybridized carbons (Fsp3) is 0.118. The second-order valence-corrected chi connectivity index (χ2v) is 5.59. The molecule has 0 aliphatic heterocycles. The lowest BCUT2D eigenvalue weighted by atomic mass is 10.1. The number of halogens is 1. The number of rotatable bonds is 7. The van der Waals surface area contributed by atoms with E-state index in [1.54, 1.807) is 12.1 Å². The largest absolute Gasteiger partial charge is 0.489 e. The number of hydrogen-bond acceptors (Lipinski definition) is 4. The van der Waals surface area contributed by atoms with Crippen molar-refractivity contribution in [3.63, 3.8) is 0 Å². The van der Waals surface area contributed by atoms with E-state index in [-0.39, 0.29) is 5.56 Å². The molecule has 0 aliphatic rings. The van der Waals surface area contributed by atoms with Crippen molar-refractivity contribution in [2.75, 3.05) is 0 Å². The summed E-state index contributed by atoms with van der Waals surface area (Å²) in [5.74, 6) is -2.83. The summed E-state index contributed by atoms with van der Waals surface area (Å²) in [6.07, 6.45) is -0.664. The van der Waals surface area contributed by atoms with Crippen LogP contribution in [0.2, 0.25) is 0 Å². The van der Waals surface area contributed by atoms with E-state index in [9.17, 15) is 14.4 Å². The van der Waals surface area contributed by atoms with Gasteiger partial charge in [0, 0.05) is 15.6 Å². The van der Waals surface area contributed by atoms with Crippen molar-refractivity contribution in [2.24, 2.45) is 0 Å². The number of Topliss-reactive ketones (excluding diaryl/α,β-unsaturated/α-hetero) is 2. The zero-order valence-corrected chi connectivity index (χ0v) is 13.6. The van der Waals surface area contributed by atoms with Crippen molar-refractivity contribution < 1.29 is 24.2 Å². The lowest BCUT2D eigenvalue weighted by Crippen LogP contribution is -2.17. The van der Waals surface area contributed by atoms with Crippen molar-refractivity contribution in [3.05, 3.63) is 64.1 Å². The first-order valence-electron chi connectivity index (χ1n) is 6.73. The third-order valence-electron chi connectivity index (χ3n) is 3.07. The average molecular weight is 377 g/mol. The van der Waals surface area contributed by atoms with Gasteiger partial charge in [0.05, 0.1) is 6.42 Å². The van der Waals surface area contributed by atoms with Crippen LogP contribution >= 0.6 is 15.9 Å². The summed E-state index contributed by atoms with van der Waals surface area (Å²) < 4.78 is 6.55. The standard InChI is InChI=1S/C17H13BrO5/c18-14-7-2-1-4-12(14)10-23-13-6-3-5-11(8-13)15(19)9-16(20)17(21)22/h1-8H,9-10H2,(H,21,22). The topological polar surface area (TPSA) is 80.7 Å². The van der Waals surface area contributed by atoms with E-state index in [2.05, 4.69) is 15.9 Å². The first-order valence-corrected chi connectivity index (χ1v) is 7.52. The van der Waals surface area contributed by atoms with Gasteiger partial charge < -0.3 is 9.84 Å². The van der Waals surface area contributed by atoms with Crippen molar-refractivity contribution in [2.45, 2.75) is 13.0 Å². The van der Waals surface area contributed by atoms with E-state index in [0.717, 1.165) is 10.0 Å². The number of benzene rings is 2. The zero-order chi connectivity index (χ0) is 16.8. The molecule has 0 radical (unpaired) electrons. The summed E-state index contributed by atoms with van der Waals surface area (Å²) in [5, 5.41) is 8.54. The highest BCUT2D eigenvalue weighted by Gasteiger charge is 2.18. The van der Waals surface area contributed by atoms with Crippen LogP contribution in [0, 0.1) is 0 Å². The molecular formula is C17H13BrO5. The molecule has 0 saturated carbocycles. The summed E-state index contributed by atoms with van der Waals surface area (Å²) in [7, 11) is 0. The number of carboxylic acids is 1. The van der Waals surface area contributed by atoms with Crippen molar-refractivity contribution in [1.82, 2.24) is 0 Å². The van der Waals surface area contributed by atoms with Crippen LogP contribution in [0.5, 0.6) is 5.75 Å². The van der Waals surface area contributed by atoms with E-state index < -0.39 is 24.0 Å². The number of carbonyl (C=O) groups excluding carboxylic acids is 2. The van der Waals surface area contributed by atoms with Crippen molar-refractivity contribution in [1.29, 1.82) is 0 Å². The number of ether oxygens (including phenoxy) is 1. The molecule has 6 heteroatoms. The molecule has 0 amide bonds. The van der Waals surface area contributed by atoms with Gasteiger partial charge in [0.25, 0.3) is 0 Å². The molecule has 2 aromatic rings. The summed E-state index contributed by atoms with van der Waals surface area (Å²) in [6, 6.07) is 13.9. The Kier molecular flexibility index (Phi) is 5.65. The van der Waals surface area contributed by atoms with E-state index >= 15 is 0 Å². The average Bonchev–Trinajstić information content (AvgIpc) is 2.54. The Hall–Kier alpha value is -2.47. The van der Waals surface area contributed by atoms with E-state index in [1.165, 1.54) is 12.1 Å². The van der Waals surface area contributed by atoms with Gasteiger partial charge in [-0.1, -0.05) is 46.3 Å². The molecule has 23 heavy (non-hydrogen) atoms. The van der Waals surface area contributed by atoms with Crippen LogP contribution in [-0.4, -0.2) is 22.6 Å². The molecular weight excluding hydrogens is 364 g/mol. The Labute approximate surface area is 141 Å². The molecule has 0 atom stereocenters. The van der Waals surface area contributed by atoms with Crippen LogP contribution in [0.3, 0.4) is 0 Å². The Balaban J connectivity index is 2.05. The maximum Gasteiger partial charge on any atom is 0.372 e. The molecule has 5 nitrogen and oxygen atoms in total. The third-order valence-corrected chi connectivity index (χ3v) is 3.84. The number of ketones is 2. The minimum absolute atomic E-state index is 0.240. The molecule has 2 rings (SSSR count). The normalized spacial score (nSPS) is 10.1. The lowest BCUT2D eigenvalue weighted by molar-refractivity contribution is -0.148. The minimum Gasteiger partial charge on any atom is -0.489 e. The van der Waals surface area contributed by atoms with Gasteiger partial charge in [-0.25, -0.2) is 4.79 Å². The molecule has 0 spiro atoms. The monoisotopic (exact) mass is 376 g/mol. The summed E-state index contributed by atoms with van der Waals surface area (Å²) in [5.41, 5.74) is 1.19. The number of carboxylic acid groups (broad SMARTS) is 1. The van der Waals surface area contributed by atoms with Gasteiger partial charge in [-0.3, -0.25) is 9.59 Å². The quantitative estimate of drug-likeness (QED) is 0.455. The fourth-order valence-corrected chi connectivity index (χ4v) is 2.26. The van der Waals surface area contributed by atoms with Gasteiger partial charge in [-0.15, -0.1) is 0 Å². The van der Waals surface area contributed by atoms with E-state index in [1.807, 2.05) is 24.3 Å². The molecule has 0 aliphatic carbocycles. The zero-order valence-electron chi connectivity index (χ0n) is 12.0. The van der Waals surface area contributed by atoms with Gasteiger partial charge in [0.15, 0.2) is 5.78 Å². The van der Waals surface area contributed by atoms with Gasteiger partial charge in [-0.05, 0) is 18.2 Å². The molecule has 0 saturated heterocycles. The highest BCUT2D eigenvalue weighted by atomic mass is 79.9. The van der Waals surface area contributed by atoms with Crippen LogP contribution < -0.4 is 4.74 Å². The van der Waals surface area contributed by atoms with Crippen molar-refractivity contribution >= 4 is 33.5 Å². The Bertz CT molecular complexity index is 754. The maximum absolute atomic E-state index is 11.9. The maximum atomic E-state index is 11.9. The highest BCUT2D eigenvalue weighted by Crippen LogP contribution is 2.20. The van der Waals surface area contributed by atoms with E-state index in [4.69, 9.17) is 9.84 Å². The summed E-state index contributed by atoms with van der Waals surface area (Å²) in [6.45, 7) is 0.313. The minimum atomic E-state index is -1.61. The van der Waals surface area contributed by atoms with E-state index in [0.29, 0.717) is 12.4 Å². The van der Waals surface area contributed by atoms with Crippen molar-refractivity contribution in [3.8, 4) is 5.75 Å². The smallest absolute Gasteiger partial charge is 0.372 e. The summed E-state index contributed by atoms with van der Waals surface area (Å²) in [4.78, 5) is 33.5. The highest BCUT2D eigenvalue weighted by molar-refractivity contribution is 9.10. The van der Waals surface area contributed by atoms with Crippen LogP contribution in [0.25, 0.3) is 0 Å².